The van der Waals surface area contributed by atoms with E-state index in [4.69, 9.17) is 14.2 Å². The van der Waals surface area contributed by atoms with Gasteiger partial charge in [0.05, 0.1) is 20.3 Å². The van der Waals surface area contributed by atoms with Gasteiger partial charge in [0.1, 0.15) is 17.8 Å². The number of rotatable bonds is 11. The van der Waals surface area contributed by atoms with E-state index in [9.17, 15) is 14.4 Å². The van der Waals surface area contributed by atoms with Crippen LogP contribution in [-0.4, -0.2) is 61.7 Å². The maximum Gasteiger partial charge on any atom is 0.328 e. The van der Waals surface area contributed by atoms with E-state index in [0.717, 1.165) is 11.3 Å². The summed E-state index contributed by atoms with van der Waals surface area (Å²) in [6, 6.07) is 6.45. The molecule has 8 heteroatoms. The first-order valence-corrected chi connectivity index (χ1v) is 9.48. The first kappa shape index (κ1) is 21.7. The number of carbonyl (C=O) groups is 3. The third-order valence-corrected chi connectivity index (χ3v) is 4.41. The Morgan fingerprint density at radius 1 is 1.18 bits per heavy atom. The van der Waals surface area contributed by atoms with Gasteiger partial charge in [0.15, 0.2) is 0 Å². The first-order valence-electron chi connectivity index (χ1n) is 9.48. The van der Waals surface area contributed by atoms with Crippen molar-refractivity contribution >= 4 is 17.8 Å². The molecule has 1 aliphatic rings. The van der Waals surface area contributed by atoms with Crippen molar-refractivity contribution in [2.75, 3.05) is 26.9 Å². The van der Waals surface area contributed by atoms with E-state index < -0.39 is 18.0 Å². The predicted molar refractivity (Wildman–Crippen MR) is 102 cm³/mol. The lowest BCUT2D eigenvalue weighted by molar-refractivity contribution is -0.148. The SMILES string of the molecule is CCOC(=O)CC[C@H](NC(=O)C1CN1Cc1ccccc1OC)C(=O)OCC. The molecule has 0 radical (unpaired) electrons. The summed E-state index contributed by atoms with van der Waals surface area (Å²) in [5.74, 6) is -0.434. The summed E-state index contributed by atoms with van der Waals surface area (Å²) < 4.78 is 15.2. The second kappa shape index (κ2) is 10.7. The Morgan fingerprint density at radius 2 is 1.89 bits per heavy atom. The van der Waals surface area contributed by atoms with Gasteiger partial charge in [-0.2, -0.15) is 0 Å². The largest absolute Gasteiger partial charge is 0.496 e. The fourth-order valence-electron chi connectivity index (χ4n) is 2.91. The molecular formula is C20H28N2O6. The Bertz CT molecular complexity index is 693. The highest BCUT2D eigenvalue weighted by Crippen LogP contribution is 2.26. The summed E-state index contributed by atoms with van der Waals surface area (Å²) in [5.41, 5.74) is 0.990. The van der Waals surface area contributed by atoms with Gasteiger partial charge >= 0.3 is 11.9 Å². The van der Waals surface area contributed by atoms with Gasteiger partial charge in [-0.3, -0.25) is 14.5 Å². The van der Waals surface area contributed by atoms with Gasteiger partial charge in [0.25, 0.3) is 0 Å². The molecule has 0 bridgehead atoms. The van der Waals surface area contributed by atoms with Crippen LogP contribution in [0.3, 0.4) is 0 Å². The van der Waals surface area contributed by atoms with Crippen molar-refractivity contribution in [3.63, 3.8) is 0 Å². The molecule has 1 aromatic carbocycles. The van der Waals surface area contributed by atoms with E-state index >= 15 is 0 Å². The average Bonchev–Trinajstić information content (AvgIpc) is 3.45. The Morgan fingerprint density at radius 3 is 2.57 bits per heavy atom. The number of carbonyl (C=O) groups excluding carboxylic acids is 3. The molecule has 2 rings (SSSR count). The zero-order chi connectivity index (χ0) is 20.5. The number of esters is 2. The maximum atomic E-state index is 12.5. The van der Waals surface area contributed by atoms with E-state index in [-0.39, 0.29) is 38.0 Å². The number of methoxy groups -OCH3 is 1. The predicted octanol–water partition coefficient (Wildman–Crippen LogP) is 1.27. The van der Waals surface area contributed by atoms with E-state index in [1.54, 1.807) is 21.0 Å². The Labute approximate surface area is 165 Å². The topological polar surface area (TPSA) is 93.9 Å². The zero-order valence-electron chi connectivity index (χ0n) is 16.6. The lowest BCUT2D eigenvalue weighted by atomic mass is 10.1. The fraction of sp³-hybridized carbons (Fsp3) is 0.550. The van der Waals surface area contributed by atoms with Crippen LogP contribution >= 0.6 is 0 Å². The van der Waals surface area contributed by atoms with Crippen LogP contribution in [0.5, 0.6) is 5.75 Å². The normalized spacial score (nSPS) is 18.7. The third-order valence-electron chi connectivity index (χ3n) is 4.41. The molecule has 0 aliphatic carbocycles. The van der Waals surface area contributed by atoms with Crippen molar-refractivity contribution in [1.29, 1.82) is 0 Å². The molecule has 2 unspecified atom stereocenters. The highest BCUT2D eigenvalue weighted by Gasteiger charge is 2.41. The van der Waals surface area contributed by atoms with Crippen LogP contribution in [0.1, 0.15) is 32.3 Å². The van der Waals surface area contributed by atoms with Crippen LogP contribution < -0.4 is 10.1 Å². The molecule has 8 nitrogen and oxygen atoms in total. The number of para-hydroxylation sites is 1. The van der Waals surface area contributed by atoms with Gasteiger partial charge in [-0.15, -0.1) is 0 Å². The van der Waals surface area contributed by atoms with Gasteiger partial charge < -0.3 is 19.5 Å². The standard InChI is InChI=1S/C20H28N2O6/c1-4-27-18(23)11-10-15(20(25)28-5-2)21-19(24)16-13-22(16)12-14-8-6-7-9-17(14)26-3/h6-9,15-16H,4-5,10-13H2,1-3H3,(H,21,24)/t15-,16?,22?/m0/s1. The summed E-state index contributed by atoms with van der Waals surface area (Å²) in [6.45, 7) is 5.05. The van der Waals surface area contributed by atoms with Crippen molar-refractivity contribution in [3.8, 4) is 5.75 Å². The monoisotopic (exact) mass is 392 g/mol. The molecule has 28 heavy (non-hydrogen) atoms. The number of hydrogen-bond acceptors (Lipinski definition) is 7. The van der Waals surface area contributed by atoms with Crippen LogP contribution in [-0.2, 0) is 30.4 Å². The van der Waals surface area contributed by atoms with Crippen molar-refractivity contribution in [3.05, 3.63) is 29.8 Å². The molecule has 1 heterocycles. The van der Waals surface area contributed by atoms with Crippen LogP contribution in [0.15, 0.2) is 24.3 Å². The summed E-state index contributed by atoms with van der Waals surface area (Å²) in [7, 11) is 1.61. The van der Waals surface area contributed by atoms with Crippen molar-refractivity contribution < 1.29 is 28.6 Å². The number of amides is 1. The highest BCUT2D eigenvalue weighted by molar-refractivity contribution is 5.89. The highest BCUT2D eigenvalue weighted by atomic mass is 16.5. The molecule has 1 N–H and O–H groups in total. The summed E-state index contributed by atoms with van der Waals surface area (Å²) in [4.78, 5) is 38.2. The molecule has 154 valence electrons. The zero-order valence-corrected chi connectivity index (χ0v) is 16.6. The second-order valence-electron chi connectivity index (χ2n) is 6.41. The molecular weight excluding hydrogens is 364 g/mol. The van der Waals surface area contributed by atoms with E-state index in [1.807, 2.05) is 29.2 Å². The van der Waals surface area contributed by atoms with E-state index in [2.05, 4.69) is 5.32 Å². The molecule has 0 spiro atoms. The summed E-state index contributed by atoms with van der Waals surface area (Å²) in [6.07, 6.45) is 0.176. The van der Waals surface area contributed by atoms with Crippen LogP contribution in [0, 0.1) is 0 Å². The molecule has 3 atom stereocenters. The average molecular weight is 392 g/mol. The maximum absolute atomic E-state index is 12.5. The first-order chi connectivity index (χ1) is 13.5. The number of ether oxygens (including phenoxy) is 3. The number of nitrogens with zero attached hydrogens (tertiary/aromatic N) is 1. The van der Waals surface area contributed by atoms with Gasteiger partial charge in [0, 0.05) is 25.1 Å². The Balaban J connectivity index is 1.90. The second-order valence-corrected chi connectivity index (χ2v) is 6.41. The molecule has 0 aromatic heterocycles. The summed E-state index contributed by atoms with van der Waals surface area (Å²) >= 11 is 0. The fourth-order valence-corrected chi connectivity index (χ4v) is 2.91. The van der Waals surface area contributed by atoms with Gasteiger partial charge in [-0.25, -0.2) is 4.79 Å². The number of hydrogen-bond donors (Lipinski definition) is 1. The molecule has 1 aromatic rings. The molecule has 1 saturated heterocycles. The van der Waals surface area contributed by atoms with E-state index in [1.165, 1.54) is 0 Å². The molecule has 1 fully saturated rings. The minimum absolute atomic E-state index is 0.0349. The molecule has 0 saturated carbocycles. The Hall–Kier alpha value is -2.61. The quantitative estimate of drug-likeness (QED) is 0.448. The van der Waals surface area contributed by atoms with Crippen molar-refractivity contribution in [1.82, 2.24) is 10.2 Å². The summed E-state index contributed by atoms with van der Waals surface area (Å²) in [5, 5.41) is 2.71. The lowest BCUT2D eigenvalue weighted by Crippen LogP contribution is -2.44. The smallest absolute Gasteiger partial charge is 0.328 e. The molecule has 1 amide bonds. The number of nitrogens with one attached hydrogen (secondary N) is 1. The minimum atomic E-state index is -0.870. The van der Waals surface area contributed by atoms with Crippen molar-refractivity contribution in [2.45, 2.75) is 45.3 Å². The third kappa shape index (κ3) is 6.23. The minimum Gasteiger partial charge on any atom is -0.496 e. The van der Waals surface area contributed by atoms with Crippen LogP contribution in [0.2, 0.25) is 0 Å². The lowest BCUT2D eigenvalue weighted by Gasteiger charge is -2.17. The number of benzene rings is 1. The Kier molecular flexibility index (Phi) is 8.25. The van der Waals surface area contributed by atoms with Gasteiger partial charge in [-0.1, -0.05) is 18.2 Å². The van der Waals surface area contributed by atoms with E-state index in [0.29, 0.717) is 13.1 Å². The van der Waals surface area contributed by atoms with Gasteiger partial charge in [0.2, 0.25) is 5.91 Å². The van der Waals surface area contributed by atoms with Gasteiger partial charge in [-0.05, 0) is 26.3 Å². The van der Waals surface area contributed by atoms with Crippen LogP contribution in [0.4, 0.5) is 0 Å². The van der Waals surface area contributed by atoms with Crippen LogP contribution in [0.25, 0.3) is 0 Å². The van der Waals surface area contributed by atoms with Crippen molar-refractivity contribution in [2.24, 2.45) is 0 Å². The molecule has 1 aliphatic heterocycles.